The molecule has 6 heteroatoms. The summed E-state index contributed by atoms with van der Waals surface area (Å²) in [6.07, 6.45) is -1.17. The van der Waals surface area contributed by atoms with Gasteiger partial charge in [-0.25, -0.2) is 13.3 Å². The van der Waals surface area contributed by atoms with Gasteiger partial charge in [0.25, 0.3) is 0 Å². The maximum Gasteiger partial charge on any atom is 0.419 e. The van der Waals surface area contributed by atoms with Crippen LogP contribution in [0.25, 0.3) is 0 Å². The van der Waals surface area contributed by atoms with E-state index in [0.717, 1.165) is 15.1 Å². The molecule has 0 heterocycles. The Hall–Kier alpha value is -0.230. The maximum atomic E-state index is 10.8. The van der Waals surface area contributed by atoms with E-state index < -0.39 is 16.1 Å². The molecule has 0 radical (unpaired) electrons. The lowest BCUT2D eigenvalue weighted by molar-refractivity contribution is 0.180. The number of hydrogen-bond acceptors (Lipinski definition) is 3. The van der Waals surface area contributed by atoms with Crippen LogP contribution in [0.3, 0.4) is 0 Å². The minimum Gasteiger partial charge on any atom is -0.464 e. The largest absolute Gasteiger partial charge is 0.464 e. The van der Waals surface area contributed by atoms with Crippen LogP contribution in [0.5, 0.6) is 0 Å². The Kier molecular flexibility index (Phi) is 4.46. The van der Waals surface area contributed by atoms with E-state index in [1.165, 1.54) is 7.05 Å². The van der Waals surface area contributed by atoms with Gasteiger partial charge in [-0.2, -0.15) is 0 Å². The van der Waals surface area contributed by atoms with Gasteiger partial charge in [0, 0.05) is 12.8 Å². The molecule has 4 nitrogen and oxygen atoms in total. The summed E-state index contributed by atoms with van der Waals surface area (Å²) < 4.78 is 11.6. The van der Waals surface area contributed by atoms with Crippen LogP contribution in [0.2, 0.25) is 0 Å². The molecule has 0 rings (SSSR count). The second kappa shape index (κ2) is 4.56. The first-order chi connectivity index (χ1) is 4.59. The molecule has 0 bridgehead atoms. The minimum absolute atomic E-state index is 0.643. The number of nitrogens with zero attached hydrogens (tertiary/aromatic N) is 1. The van der Waals surface area contributed by atoms with Gasteiger partial charge in [0.1, 0.15) is 0 Å². The average molecular weight is 183 g/mol. The first kappa shape index (κ1) is 9.77. The SMILES string of the molecule is CCSS(=O)N(C)C(=O)O. The smallest absolute Gasteiger partial charge is 0.419 e. The van der Waals surface area contributed by atoms with Gasteiger partial charge >= 0.3 is 6.09 Å². The third-order valence-electron chi connectivity index (χ3n) is 0.712. The van der Waals surface area contributed by atoms with E-state index in [0.29, 0.717) is 5.75 Å². The molecule has 0 aromatic rings. The molecule has 0 fully saturated rings. The first-order valence-electron chi connectivity index (χ1n) is 2.61. The van der Waals surface area contributed by atoms with E-state index in [1.807, 2.05) is 6.92 Å². The van der Waals surface area contributed by atoms with E-state index in [-0.39, 0.29) is 0 Å². The molecule has 0 aliphatic rings. The quantitative estimate of drug-likeness (QED) is 0.661. The van der Waals surface area contributed by atoms with Crippen LogP contribution in [0, 0.1) is 0 Å². The van der Waals surface area contributed by atoms with Gasteiger partial charge in [-0.3, -0.25) is 0 Å². The lowest BCUT2D eigenvalue weighted by Crippen LogP contribution is -2.24. The highest BCUT2D eigenvalue weighted by Crippen LogP contribution is 2.09. The van der Waals surface area contributed by atoms with E-state index in [1.54, 1.807) is 0 Å². The van der Waals surface area contributed by atoms with Crippen molar-refractivity contribution in [1.82, 2.24) is 4.31 Å². The molecule has 0 aromatic heterocycles. The molecule has 0 aliphatic heterocycles. The maximum absolute atomic E-state index is 10.8. The van der Waals surface area contributed by atoms with Crippen LogP contribution in [-0.4, -0.2) is 32.5 Å². The second-order valence-electron chi connectivity index (χ2n) is 1.40. The molecule has 0 saturated carbocycles. The van der Waals surface area contributed by atoms with Crippen molar-refractivity contribution >= 4 is 26.9 Å². The average Bonchev–Trinajstić information content (AvgIpc) is 1.87. The molecule has 10 heavy (non-hydrogen) atoms. The molecule has 0 spiro atoms. The summed E-state index contributed by atoms with van der Waals surface area (Å²) >= 11 is 0. The van der Waals surface area contributed by atoms with Gasteiger partial charge in [0.2, 0.25) is 0 Å². The first-order valence-corrected chi connectivity index (χ1v) is 5.22. The van der Waals surface area contributed by atoms with Gasteiger partial charge < -0.3 is 5.11 Å². The number of carboxylic acid groups (broad SMARTS) is 1. The van der Waals surface area contributed by atoms with E-state index in [9.17, 15) is 9.00 Å². The molecule has 1 unspecified atom stereocenters. The topological polar surface area (TPSA) is 57.6 Å². The Labute approximate surface area is 65.6 Å². The van der Waals surface area contributed by atoms with Gasteiger partial charge in [-0.1, -0.05) is 6.92 Å². The predicted octanol–water partition coefficient (Wildman–Crippen LogP) is 0.928. The van der Waals surface area contributed by atoms with Crippen molar-refractivity contribution in [2.24, 2.45) is 0 Å². The fraction of sp³-hybridized carbons (Fsp3) is 0.750. The standard InChI is InChI=1S/C4H9NO3S2/c1-3-9-10(8)5(2)4(6)7/h3H2,1-2H3,(H,6,7). The van der Waals surface area contributed by atoms with Gasteiger partial charge in [0.15, 0.2) is 10.0 Å². The van der Waals surface area contributed by atoms with Crippen molar-refractivity contribution in [3.8, 4) is 0 Å². The zero-order valence-electron chi connectivity index (χ0n) is 5.73. The Bertz CT molecular complexity index is 149. The van der Waals surface area contributed by atoms with Gasteiger partial charge in [0.05, 0.1) is 0 Å². The highest BCUT2D eigenvalue weighted by atomic mass is 33.1. The van der Waals surface area contributed by atoms with Gasteiger partial charge in [-0.15, -0.1) is 0 Å². The van der Waals surface area contributed by atoms with Crippen molar-refractivity contribution in [2.75, 3.05) is 12.8 Å². The Morgan fingerprint density at radius 1 is 1.80 bits per heavy atom. The van der Waals surface area contributed by atoms with Crippen LogP contribution in [0.1, 0.15) is 6.92 Å². The van der Waals surface area contributed by atoms with Crippen molar-refractivity contribution in [3.63, 3.8) is 0 Å². The lowest BCUT2D eigenvalue weighted by Gasteiger charge is -2.08. The third kappa shape index (κ3) is 3.07. The summed E-state index contributed by atoms with van der Waals surface area (Å²) in [5.74, 6) is 0.643. The Morgan fingerprint density at radius 2 is 2.30 bits per heavy atom. The summed E-state index contributed by atoms with van der Waals surface area (Å²) in [6, 6.07) is 0. The highest BCUT2D eigenvalue weighted by molar-refractivity contribution is 8.68. The van der Waals surface area contributed by atoms with Crippen LogP contribution in [-0.2, 0) is 10.0 Å². The number of hydrogen-bond donors (Lipinski definition) is 1. The van der Waals surface area contributed by atoms with Gasteiger partial charge in [-0.05, 0) is 10.8 Å². The summed E-state index contributed by atoms with van der Waals surface area (Å²) in [7, 11) is 0.919. The zero-order valence-corrected chi connectivity index (χ0v) is 7.37. The Morgan fingerprint density at radius 3 is 2.60 bits per heavy atom. The highest BCUT2D eigenvalue weighted by Gasteiger charge is 2.12. The summed E-state index contributed by atoms with van der Waals surface area (Å²) in [5.41, 5.74) is 0. The number of rotatable bonds is 3. The molecular formula is C4H9NO3S2. The third-order valence-corrected chi connectivity index (χ3v) is 3.74. The van der Waals surface area contributed by atoms with Crippen LogP contribution >= 0.6 is 10.8 Å². The van der Waals surface area contributed by atoms with Crippen LogP contribution in [0.4, 0.5) is 4.79 Å². The molecule has 1 N–H and O–H groups in total. The van der Waals surface area contributed by atoms with Crippen LogP contribution < -0.4 is 0 Å². The van der Waals surface area contributed by atoms with Crippen molar-refractivity contribution < 1.29 is 14.1 Å². The minimum atomic E-state index is -1.44. The predicted molar refractivity (Wildman–Crippen MR) is 42.1 cm³/mol. The van der Waals surface area contributed by atoms with Crippen molar-refractivity contribution in [1.29, 1.82) is 0 Å². The molecule has 1 atom stereocenters. The molecular weight excluding hydrogens is 174 g/mol. The lowest BCUT2D eigenvalue weighted by atomic mass is 11.0. The van der Waals surface area contributed by atoms with E-state index in [4.69, 9.17) is 5.11 Å². The molecule has 1 amide bonds. The fourth-order valence-corrected chi connectivity index (χ4v) is 2.00. The molecule has 0 saturated heterocycles. The van der Waals surface area contributed by atoms with Crippen LogP contribution in [0.15, 0.2) is 0 Å². The second-order valence-corrected chi connectivity index (χ2v) is 4.76. The normalized spacial score (nSPS) is 12.6. The summed E-state index contributed by atoms with van der Waals surface area (Å²) in [5, 5.41) is 8.30. The fourth-order valence-electron chi connectivity index (χ4n) is 0.244. The number of carbonyl (C=O) groups is 1. The van der Waals surface area contributed by atoms with Crippen molar-refractivity contribution in [2.45, 2.75) is 6.92 Å². The summed E-state index contributed by atoms with van der Waals surface area (Å²) in [6.45, 7) is 1.82. The van der Waals surface area contributed by atoms with E-state index >= 15 is 0 Å². The Balaban J connectivity index is 3.82. The molecule has 0 aromatic carbocycles. The molecule has 60 valence electrons. The van der Waals surface area contributed by atoms with E-state index in [2.05, 4.69) is 0 Å². The molecule has 0 aliphatic carbocycles. The monoisotopic (exact) mass is 183 g/mol. The summed E-state index contributed by atoms with van der Waals surface area (Å²) in [4.78, 5) is 10.1. The number of amides is 1. The zero-order chi connectivity index (χ0) is 8.15. The van der Waals surface area contributed by atoms with Crippen molar-refractivity contribution in [3.05, 3.63) is 0 Å².